The third-order valence-corrected chi connectivity index (χ3v) is 4.33. The zero-order valence-electron chi connectivity index (χ0n) is 12.5. The minimum Gasteiger partial charge on any atom is -0.341 e. The SMILES string of the molecule is Cc1nn(C)c2c1nc(CCl)n2CC(=O)N1CCCCC1. The molecule has 7 heteroatoms. The van der Waals surface area contributed by atoms with Crippen LogP contribution in [0.3, 0.4) is 0 Å². The number of carbonyl (C=O) groups is 1. The van der Waals surface area contributed by atoms with Gasteiger partial charge in [-0.15, -0.1) is 11.6 Å². The molecule has 21 heavy (non-hydrogen) atoms. The number of hydrogen-bond acceptors (Lipinski definition) is 3. The topological polar surface area (TPSA) is 56.0 Å². The van der Waals surface area contributed by atoms with Crippen molar-refractivity contribution in [3.63, 3.8) is 0 Å². The van der Waals surface area contributed by atoms with Gasteiger partial charge >= 0.3 is 0 Å². The number of alkyl halides is 1. The molecule has 0 aromatic carbocycles. The molecule has 0 radical (unpaired) electrons. The van der Waals surface area contributed by atoms with Crippen molar-refractivity contribution in [2.75, 3.05) is 13.1 Å². The third kappa shape index (κ3) is 2.52. The van der Waals surface area contributed by atoms with Crippen molar-refractivity contribution in [3.8, 4) is 0 Å². The summed E-state index contributed by atoms with van der Waals surface area (Å²) in [7, 11) is 1.87. The number of piperidine rings is 1. The van der Waals surface area contributed by atoms with Crippen LogP contribution in [-0.2, 0) is 24.3 Å². The average Bonchev–Trinajstić information content (AvgIpc) is 2.99. The van der Waals surface area contributed by atoms with Gasteiger partial charge in [-0.25, -0.2) is 4.98 Å². The van der Waals surface area contributed by atoms with E-state index in [0.29, 0.717) is 5.88 Å². The fourth-order valence-corrected chi connectivity index (χ4v) is 3.23. The quantitative estimate of drug-likeness (QED) is 0.813. The number of imidazole rings is 1. The van der Waals surface area contributed by atoms with Crippen molar-refractivity contribution >= 4 is 28.7 Å². The van der Waals surface area contributed by atoms with E-state index in [-0.39, 0.29) is 12.5 Å². The minimum atomic E-state index is 0.138. The zero-order valence-corrected chi connectivity index (χ0v) is 13.2. The fourth-order valence-electron chi connectivity index (χ4n) is 3.03. The molecule has 2 aromatic heterocycles. The maximum absolute atomic E-state index is 12.5. The van der Waals surface area contributed by atoms with Gasteiger partial charge in [-0.2, -0.15) is 5.10 Å². The van der Waals surface area contributed by atoms with Gasteiger partial charge in [0.05, 0.1) is 11.6 Å². The van der Waals surface area contributed by atoms with Crippen molar-refractivity contribution in [1.29, 1.82) is 0 Å². The van der Waals surface area contributed by atoms with Crippen molar-refractivity contribution in [1.82, 2.24) is 24.2 Å². The Labute approximate surface area is 128 Å². The van der Waals surface area contributed by atoms with E-state index in [4.69, 9.17) is 11.6 Å². The number of rotatable bonds is 3. The molecule has 0 atom stereocenters. The summed E-state index contributed by atoms with van der Waals surface area (Å²) >= 11 is 6.00. The summed E-state index contributed by atoms with van der Waals surface area (Å²) in [4.78, 5) is 19.0. The Morgan fingerprint density at radius 3 is 2.67 bits per heavy atom. The number of nitrogens with zero attached hydrogens (tertiary/aromatic N) is 5. The van der Waals surface area contributed by atoms with Crippen LogP contribution < -0.4 is 0 Å². The predicted molar refractivity (Wildman–Crippen MR) is 81.2 cm³/mol. The van der Waals surface area contributed by atoms with Crippen molar-refractivity contribution in [3.05, 3.63) is 11.5 Å². The van der Waals surface area contributed by atoms with Crippen LogP contribution in [0.2, 0.25) is 0 Å². The Bertz CT molecular complexity index is 668. The van der Waals surface area contributed by atoms with Gasteiger partial charge in [0.25, 0.3) is 0 Å². The van der Waals surface area contributed by atoms with E-state index < -0.39 is 0 Å². The number of hydrogen-bond donors (Lipinski definition) is 0. The first-order chi connectivity index (χ1) is 10.1. The molecule has 0 aliphatic carbocycles. The number of amides is 1. The van der Waals surface area contributed by atoms with Crippen LogP contribution in [0, 0.1) is 6.92 Å². The predicted octanol–water partition coefficient (Wildman–Crippen LogP) is 1.83. The molecule has 3 heterocycles. The first-order valence-corrected chi connectivity index (χ1v) is 7.87. The van der Waals surface area contributed by atoms with Gasteiger partial charge in [-0.1, -0.05) is 0 Å². The standard InChI is InChI=1S/C14H20ClN5O/c1-10-13-14(18(2)17-10)20(11(8-15)16-13)9-12(21)19-6-4-3-5-7-19/h3-9H2,1-2H3. The lowest BCUT2D eigenvalue weighted by atomic mass is 10.1. The van der Waals surface area contributed by atoms with Gasteiger partial charge in [-0.05, 0) is 26.2 Å². The number of fused-ring (bicyclic) bond motifs is 1. The molecule has 6 nitrogen and oxygen atoms in total. The van der Waals surface area contributed by atoms with Crippen LogP contribution in [0.4, 0.5) is 0 Å². The maximum atomic E-state index is 12.5. The number of likely N-dealkylation sites (tertiary alicyclic amines) is 1. The first kappa shape index (κ1) is 14.4. The minimum absolute atomic E-state index is 0.138. The van der Waals surface area contributed by atoms with E-state index in [1.165, 1.54) is 6.42 Å². The van der Waals surface area contributed by atoms with Crippen molar-refractivity contribution in [2.45, 2.75) is 38.6 Å². The highest BCUT2D eigenvalue weighted by molar-refractivity contribution is 6.16. The molecular formula is C14H20ClN5O. The largest absolute Gasteiger partial charge is 0.341 e. The van der Waals surface area contributed by atoms with Crippen LogP contribution in [0.1, 0.15) is 30.8 Å². The molecule has 0 saturated carbocycles. The van der Waals surface area contributed by atoms with E-state index >= 15 is 0 Å². The highest BCUT2D eigenvalue weighted by Gasteiger charge is 2.22. The number of halogens is 1. The van der Waals surface area contributed by atoms with Crippen LogP contribution in [0.25, 0.3) is 11.2 Å². The molecular weight excluding hydrogens is 290 g/mol. The van der Waals surface area contributed by atoms with Gasteiger partial charge in [0.15, 0.2) is 5.65 Å². The molecule has 1 saturated heterocycles. The molecule has 0 bridgehead atoms. The zero-order chi connectivity index (χ0) is 15.0. The second kappa shape index (κ2) is 5.67. The molecule has 1 fully saturated rings. The van der Waals surface area contributed by atoms with Crippen molar-refractivity contribution < 1.29 is 4.79 Å². The lowest BCUT2D eigenvalue weighted by Gasteiger charge is -2.27. The second-order valence-electron chi connectivity index (χ2n) is 5.57. The Kier molecular flexibility index (Phi) is 3.89. The smallest absolute Gasteiger partial charge is 0.242 e. The normalized spacial score (nSPS) is 15.9. The van der Waals surface area contributed by atoms with Crippen LogP contribution in [0.5, 0.6) is 0 Å². The second-order valence-corrected chi connectivity index (χ2v) is 5.84. The van der Waals surface area contributed by atoms with Gasteiger partial charge in [0, 0.05) is 20.1 Å². The van der Waals surface area contributed by atoms with Gasteiger partial charge in [0.2, 0.25) is 5.91 Å². The number of carbonyl (C=O) groups excluding carboxylic acids is 1. The monoisotopic (exact) mass is 309 g/mol. The Morgan fingerprint density at radius 2 is 2.00 bits per heavy atom. The maximum Gasteiger partial charge on any atom is 0.242 e. The molecule has 0 spiro atoms. The van der Waals surface area contributed by atoms with Crippen molar-refractivity contribution in [2.24, 2.45) is 7.05 Å². The van der Waals surface area contributed by atoms with Crippen LogP contribution in [0.15, 0.2) is 0 Å². The van der Waals surface area contributed by atoms with E-state index in [9.17, 15) is 4.79 Å². The summed E-state index contributed by atoms with van der Waals surface area (Å²) in [5.41, 5.74) is 2.57. The molecule has 114 valence electrons. The van der Waals surface area contributed by atoms with Gasteiger partial charge in [0.1, 0.15) is 17.9 Å². The fraction of sp³-hybridized carbons (Fsp3) is 0.643. The molecule has 1 aliphatic rings. The lowest BCUT2D eigenvalue weighted by Crippen LogP contribution is -2.38. The Hall–Kier alpha value is -1.56. The highest BCUT2D eigenvalue weighted by Crippen LogP contribution is 2.20. The molecule has 1 aliphatic heterocycles. The first-order valence-electron chi connectivity index (χ1n) is 7.34. The van der Waals surface area contributed by atoms with Crippen LogP contribution in [-0.4, -0.2) is 43.2 Å². The molecule has 0 unspecified atom stereocenters. The average molecular weight is 310 g/mol. The summed E-state index contributed by atoms with van der Waals surface area (Å²) in [6.07, 6.45) is 3.41. The molecule has 2 aromatic rings. The van der Waals surface area contributed by atoms with Gasteiger partial charge in [-0.3, -0.25) is 9.48 Å². The number of aryl methyl sites for hydroxylation is 2. The summed E-state index contributed by atoms with van der Waals surface area (Å²) in [5.74, 6) is 1.16. The summed E-state index contributed by atoms with van der Waals surface area (Å²) in [6, 6.07) is 0. The summed E-state index contributed by atoms with van der Waals surface area (Å²) in [5, 5.41) is 4.37. The summed E-state index contributed by atoms with van der Waals surface area (Å²) in [6.45, 7) is 3.93. The van der Waals surface area contributed by atoms with E-state index in [0.717, 1.165) is 48.6 Å². The van der Waals surface area contributed by atoms with E-state index in [1.807, 2.05) is 23.4 Å². The Balaban J connectivity index is 1.93. The summed E-state index contributed by atoms with van der Waals surface area (Å²) < 4.78 is 3.68. The Morgan fingerprint density at radius 1 is 1.29 bits per heavy atom. The van der Waals surface area contributed by atoms with E-state index in [1.54, 1.807) is 4.68 Å². The molecule has 3 rings (SSSR count). The third-order valence-electron chi connectivity index (χ3n) is 4.09. The van der Waals surface area contributed by atoms with Gasteiger partial charge < -0.3 is 9.47 Å². The number of aromatic nitrogens is 4. The molecule has 1 amide bonds. The lowest BCUT2D eigenvalue weighted by molar-refractivity contribution is -0.132. The highest BCUT2D eigenvalue weighted by atomic mass is 35.5. The van der Waals surface area contributed by atoms with Crippen LogP contribution >= 0.6 is 11.6 Å². The van der Waals surface area contributed by atoms with E-state index in [2.05, 4.69) is 10.1 Å². The molecule has 0 N–H and O–H groups in total.